The third kappa shape index (κ3) is 13.1. The molecule has 2 rings (SSSR count). The Kier molecular flexibility index (Phi) is 15.1. The fourth-order valence-corrected chi connectivity index (χ4v) is 5.77. The highest BCUT2D eigenvalue weighted by molar-refractivity contribution is 5.14. The summed E-state index contributed by atoms with van der Waals surface area (Å²) in [5, 5.41) is 0. The van der Waals surface area contributed by atoms with Crippen molar-refractivity contribution in [2.75, 3.05) is 40.3 Å². The molecule has 0 aliphatic heterocycles. The van der Waals surface area contributed by atoms with Gasteiger partial charge in [-0.25, -0.2) is 0 Å². The van der Waals surface area contributed by atoms with Gasteiger partial charge >= 0.3 is 0 Å². The van der Waals surface area contributed by atoms with E-state index in [2.05, 4.69) is 88.6 Å². The lowest BCUT2D eigenvalue weighted by Gasteiger charge is -2.36. The topological polar surface area (TPSA) is 0 Å². The normalized spacial score (nSPS) is 14.9. The van der Waals surface area contributed by atoms with Crippen molar-refractivity contribution in [1.82, 2.24) is 0 Å². The molecular formula is C34H58N2+2. The number of benzene rings is 2. The largest absolute Gasteiger partial charge is 0.322 e. The molecule has 0 saturated heterocycles. The first-order valence-corrected chi connectivity index (χ1v) is 15.2. The van der Waals surface area contributed by atoms with Crippen molar-refractivity contribution in [3.05, 3.63) is 71.8 Å². The number of rotatable bonds is 21. The second-order valence-corrected chi connectivity index (χ2v) is 12.0. The van der Waals surface area contributed by atoms with E-state index in [0.29, 0.717) is 0 Å². The zero-order valence-electron chi connectivity index (χ0n) is 24.4. The van der Waals surface area contributed by atoms with Gasteiger partial charge < -0.3 is 8.97 Å². The summed E-state index contributed by atoms with van der Waals surface area (Å²) >= 11 is 0. The van der Waals surface area contributed by atoms with Gasteiger partial charge in [0.2, 0.25) is 0 Å². The Balaban J connectivity index is 1.81. The second kappa shape index (κ2) is 17.8. The molecule has 0 fully saturated rings. The molecule has 2 nitrogen and oxygen atoms in total. The highest BCUT2D eigenvalue weighted by Gasteiger charge is 2.23. The van der Waals surface area contributed by atoms with E-state index in [9.17, 15) is 0 Å². The van der Waals surface area contributed by atoms with Crippen molar-refractivity contribution < 1.29 is 8.97 Å². The smallest absolute Gasteiger partial charge is 0.104 e. The van der Waals surface area contributed by atoms with Crippen LogP contribution in [0.2, 0.25) is 0 Å². The number of quaternary nitrogens is 2. The molecule has 0 bridgehead atoms. The van der Waals surface area contributed by atoms with Gasteiger partial charge in [-0.1, -0.05) is 100 Å². The van der Waals surface area contributed by atoms with E-state index in [4.69, 9.17) is 0 Å². The van der Waals surface area contributed by atoms with E-state index in [0.717, 1.165) is 0 Å². The molecule has 0 amide bonds. The Morgan fingerprint density at radius 2 is 0.722 bits per heavy atom. The van der Waals surface area contributed by atoms with Gasteiger partial charge in [-0.15, -0.1) is 0 Å². The molecular weight excluding hydrogens is 436 g/mol. The quantitative estimate of drug-likeness (QED) is 0.120. The minimum atomic E-state index is 1.18. The van der Waals surface area contributed by atoms with Crippen LogP contribution < -0.4 is 0 Å². The van der Waals surface area contributed by atoms with Crippen LogP contribution in [0.1, 0.15) is 102 Å². The summed E-state index contributed by atoms with van der Waals surface area (Å²) < 4.78 is 2.40. The second-order valence-electron chi connectivity index (χ2n) is 12.0. The van der Waals surface area contributed by atoms with Gasteiger partial charge in [-0.2, -0.15) is 0 Å². The van der Waals surface area contributed by atoms with Crippen molar-refractivity contribution in [3.63, 3.8) is 0 Å². The summed E-state index contributed by atoms with van der Waals surface area (Å²) in [7, 11) is 5.01. The van der Waals surface area contributed by atoms with Gasteiger partial charge in [0.1, 0.15) is 13.1 Å². The highest BCUT2D eigenvalue weighted by atomic mass is 15.3. The third-order valence-corrected chi connectivity index (χ3v) is 8.06. The van der Waals surface area contributed by atoms with Gasteiger partial charge in [0.25, 0.3) is 0 Å². The van der Waals surface area contributed by atoms with E-state index >= 15 is 0 Å². The van der Waals surface area contributed by atoms with E-state index in [-0.39, 0.29) is 0 Å². The highest BCUT2D eigenvalue weighted by Crippen LogP contribution is 2.19. The van der Waals surface area contributed by atoms with Crippen molar-refractivity contribution in [2.24, 2.45) is 0 Å². The Hall–Kier alpha value is -1.64. The lowest BCUT2D eigenvalue weighted by molar-refractivity contribution is -0.923. The fraction of sp³-hybridized carbons (Fsp3) is 0.647. The lowest BCUT2D eigenvalue weighted by Crippen LogP contribution is -2.45. The predicted molar refractivity (Wildman–Crippen MR) is 159 cm³/mol. The summed E-state index contributed by atoms with van der Waals surface area (Å²) in [6.07, 6.45) is 16.4. The summed E-state index contributed by atoms with van der Waals surface area (Å²) in [6, 6.07) is 22.3. The van der Waals surface area contributed by atoms with Crippen molar-refractivity contribution in [2.45, 2.75) is 104 Å². The van der Waals surface area contributed by atoms with E-state index in [1.54, 1.807) is 0 Å². The zero-order valence-corrected chi connectivity index (χ0v) is 24.4. The van der Waals surface area contributed by atoms with Crippen molar-refractivity contribution >= 4 is 0 Å². The summed E-state index contributed by atoms with van der Waals surface area (Å²) in [4.78, 5) is 0. The molecule has 0 saturated carbocycles. The predicted octanol–water partition coefficient (Wildman–Crippen LogP) is 9.00. The van der Waals surface area contributed by atoms with Crippen molar-refractivity contribution in [3.8, 4) is 0 Å². The van der Waals surface area contributed by atoms with Crippen LogP contribution in [0.15, 0.2) is 60.7 Å². The SMILES string of the molecule is CCCCCC[N+](C)(CCCCCC[N+](C)(CCCCCC)Cc1ccccc1)Cc1ccccc1. The number of hydrogen-bond acceptors (Lipinski definition) is 0. The molecule has 0 N–H and O–H groups in total. The minimum Gasteiger partial charge on any atom is -0.322 e. The molecule has 0 heterocycles. The first kappa shape index (κ1) is 30.6. The van der Waals surface area contributed by atoms with Crippen LogP contribution in [0.3, 0.4) is 0 Å². The Morgan fingerprint density at radius 1 is 0.417 bits per heavy atom. The van der Waals surface area contributed by atoms with Gasteiger partial charge in [0, 0.05) is 11.1 Å². The maximum absolute atomic E-state index is 2.50. The minimum absolute atomic E-state index is 1.18. The monoisotopic (exact) mass is 494 g/mol. The summed E-state index contributed by atoms with van der Waals surface area (Å²) in [5.41, 5.74) is 2.99. The zero-order chi connectivity index (χ0) is 26.0. The molecule has 2 aromatic rings. The van der Waals surface area contributed by atoms with Gasteiger partial charge in [-0.3, -0.25) is 0 Å². The van der Waals surface area contributed by atoms with E-state index in [1.165, 1.54) is 136 Å². The molecule has 0 aromatic heterocycles. The van der Waals surface area contributed by atoms with Crippen LogP contribution in [-0.4, -0.2) is 49.2 Å². The van der Waals surface area contributed by atoms with Gasteiger partial charge in [-0.05, 0) is 51.4 Å². The van der Waals surface area contributed by atoms with E-state index in [1.807, 2.05) is 0 Å². The lowest BCUT2D eigenvalue weighted by atomic mass is 10.1. The fourth-order valence-electron chi connectivity index (χ4n) is 5.77. The average Bonchev–Trinajstić information content (AvgIpc) is 2.88. The molecule has 36 heavy (non-hydrogen) atoms. The Morgan fingerprint density at radius 3 is 1.03 bits per heavy atom. The first-order chi connectivity index (χ1) is 17.5. The summed E-state index contributed by atoms with van der Waals surface area (Å²) in [5.74, 6) is 0. The van der Waals surface area contributed by atoms with Gasteiger partial charge in [0.05, 0.1) is 40.3 Å². The van der Waals surface area contributed by atoms with Crippen molar-refractivity contribution in [1.29, 1.82) is 0 Å². The third-order valence-electron chi connectivity index (χ3n) is 8.06. The molecule has 2 unspecified atom stereocenters. The van der Waals surface area contributed by atoms with Crippen LogP contribution in [0.25, 0.3) is 0 Å². The van der Waals surface area contributed by atoms with Crippen LogP contribution in [0, 0.1) is 0 Å². The van der Waals surface area contributed by atoms with E-state index < -0.39 is 0 Å². The van der Waals surface area contributed by atoms with Crippen LogP contribution in [0.4, 0.5) is 0 Å². The molecule has 0 aliphatic carbocycles. The molecule has 0 spiro atoms. The van der Waals surface area contributed by atoms with Crippen LogP contribution in [-0.2, 0) is 13.1 Å². The number of hydrogen-bond donors (Lipinski definition) is 0. The molecule has 0 aliphatic rings. The Bertz CT molecular complexity index is 707. The number of nitrogens with zero attached hydrogens (tertiary/aromatic N) is 2. The average molecular weight is 495 g/mol. The Labute approximate surface area is 224 Å². The molecule has 2 heteroatoms. The molecule has 202 valence electrons. The summed E-state index contributed by atoms with van der Waals surface area (Å²) in [6.45, 7) is 12.2. The van der Waals surface area contributed by atoms with Gasteiger partial charge in [0.15, 0.2) is 0 Å². The van der Waals surface area contributed by atoms with Crippen LogP contribution in [0.5, 0.6) is 0 Å². The standard InChI is InChI=1S/C34H58N2/c1-5-7-9-19-27-35(3,31-33-23-15-13-16-24-33)29-21-11-12-22-30-36(4,28-20-10-8-6-2)32-34-25-17-14-18-26-34/h13-18,23-26H,5-12,19-22,27-32H2,1-4H3/q+2. The molecule has 0 radical (unpaired) electrons. The first-order valence-electron chi connectivity index (χ1n) is 15.2. The van der Waals surface area contributed by atoms with Crippen LogP contribution >= 0.6 is 0 Å². The maximum Gasteiger partial charge on any atom is 0.104 e. The molecule has 2 aromatic carbocycles. The number of unbranched alkanes of at least 4 members (excludes halogenated alkanes) is 9. The molecule has 2 atom stereocenters. The maximum atomic E-state index is 2.50.